The quantitative estimate of drug-likeness (QED) is 0.842. The summed E-state index contributed by atoms with van der Waals surface area (Å²) in [6, 6.07) is 18.3. The molecule has 2 aromatic rings. The summed E-state index contributed by atoms with van der Waals surface area (Å²) < 4.78 is 5.36. The molecular formula is C19H21NO4. The fourth-order valence-corrected chi connectivity index (χ4v) is 2.35. The Balaban J connectivity index is 2.05. The Hall–Kier alpha value is -2.82. The van der Waals surface area contributed by atoms with Crippen LogP contribution in [0.25, 0.3) is 0 Å². The molecule has 0 bridgehead atoms. The van der Waals surface area contributed by atoms with Crippen molar-refractivity contribution in [2.24, 2.45) is 0 Å². The first-order valence-electron chi connectivity index (χ1n) is 7.79. The zero-order valence-electron chi connectivity index (χ0n) is 13.6. The van der Waals surface area contributed by atoms with E-state index in [4.69, 9.17) is 9.84 Å². The van der Waals surface area contributed by atoms with E-state index in [1.807, 2.05) is 60.7 Å². The molecule has 0 spiro atoms. The molecule has 1 N–H and O–H groups in total. The van der Waals surface area contributed by atoms with Crippen LogP contribution in [0.2, 0.25) is 0 Å². The highest BCUT2D eigenvalue weighted by Gasteiger charge is 2.23. The van der Waals surface area contributed by atoms with Crippen molar-refractivity contribution in [3.05, 3.63) is 71.8 Å². The van der Waals surface area contributed by atoms with Crippen LogP contribution in [-0.4, -0.2) is 28.1 Å². The summed E-state index contributed by atoms with van der Waals surface area (Å²) in [6.45, 7) is 2.18. The van der Waals surface area contributed by atoms with Crippen LogP contribution < -0.4 is 0 Å². The van der Waals surface area contributed by atoms with Gasteiger partial charge in [-0.3, -0.25) is 4.79 Å². The average Bonchev–Trinajstić information content (AvgIpc) is 2.58. The van der Waals surface area contributed by atoms with E-state index >= 15 is 0 Å². The lowest BCUT2D eigenvalue weighted by atomic mass is 10.1. The second kappa shape index (κ2) is 8.72. The maximum absolute atomic E-state index is 12.5. The van der Waals surface area contributed by atoms with Gasteiger partial charge in [0.1, 0.15) is 6.61 Å². The number of rotatable bonds is 7. The van der Waals surface area contributed by atoms with Crippen molar-refractivity contribution in [2.75, 3.05) is 0 Å². The third-order valence-corrected chi connectivity index (χ3v) is 3.64. The number of aliphatic carboxylic acids is 1. The van der Waals surface area contributed by atoms with Crippen LogP contribution in [0.5, 0.6) is 0 Å². The Bertz CT molecular complexity index is 658. The number of hydrogen-bond acceptors (Lipinski definition) is 3. The molecule has 1 atom stereocenters. The predicted molar refractivity (Wildman–Crippen MR) is 90.3 cm³/mol. The topological polar surface area (TPSA) is 66.8 Å². The number of carbonyl (C=O) groups excluding carboxylic acids is 1. The van der Waals surface area contributed by atoms with Gasteiger partial charge in [0.15, 0.2) is 0 Å². The molecule has 5 nitrogen and oxygen atoms in total. The van der Waals surface area contributed by atoms with Crippen LogP contribution in [0.4, 0.5) is 4.79 Å². The lowest BCUT2D eigenvalue weighted by Crippen LogP contribution is -2.39. The van der Waals surface area contributed by atoms with Gasteiger partial charge in [-0.25, -0.2) is 4.79 Å². The molecule has 0 aliphatic carbocycles. The lowest BCUT2D eigenvalue weighted by molar-refractivity contribution is -0.138. The molecule has 2 aromatic carbocycles. The van der Waals surface area contributed by atoms with Crippen molar-refractivity contribution in [1.82, 2.24) is 4.90 Å². The Morgan fingerprint density at radius 1 is 1.00 bits per heavy atom. The van der Waals surface area contributed by atoms with E-state index < -0.39 is 18.1 Å². The van der Waals surface area contributed by atoms with E-state index in [1.54, 1.807) is 6.92 Å². The smallest absolute Gasteiger partial charge is 0.410 e. The second-order valence-corrected chi connectivity index (χ2v) is 5.60. The monoisotopic (exact) mass is 327 g/mol. The highest BCUT2D eigenvalue weighted by molar-refractivity contribution is 5.71. The van der Waals surface area contributed by atoms with Gasteiger partial charge < -0.3 is 14.7 Å². The van der Waals surface area contributed by atoms with E-state index in [0.717, 1.165) is 11.1 Å². The molecule has 0 radical (unpaired) electrons. The molecule has 0 aliphatic rings. The van der Waals surface area contributed by atoms with Gasteiger partial charge in [-0.1, -0.05) is 60.7 Å². The van der Waals surface area contributed by atoms with Gasteiger partial charge in [-0.2, -0.15) is 0 Å². The van der Waals surface area contributed by atoms with Crippen LogP contribution in [0.3, 0.4) is 0 Å². The largest absolute Gasteiger partial charge is 0.481 e. The van der Waals surface area contributed by atoms with E-state index in [9.17, 15) is 9.59 Å². The zero-order valence-corrected chi connectivity index (χ0v) is 13.6. The minimum Gasteiger partial charge on any atom is -0.481 e. The van der Waals surface area contributed by atoms with Crippen LogP contribution >= 0.6 is 0 Å². The molecule has 0 fully saturated rings. The molecule has 0 heterocycles. The van der Waals surface area contributed by atoms with E-state index in [0.29, 0.717) is 6.54 Å². The predicted octanol–water partition coefficient (Wildman–Crippen LogP) is 3.69. The highest BCUT2D eigenvalue weighted by Crippen LogP contribution is 2.14. The van der Waals surface area contributed by atoms with E-state index in [2.05, 4.69) is 0 Å². The highest BCUT2D eigenvalue weighted by atomic mass is 16.6. The molecule has 0 saturated carbocycles. The zero-order chi connectivity index (χ0) is 17.4. The van der Waals surface area contributed by atoms with Crippen molar-refractivity contribution >= 4 is 12.1 Å². The first-order chi connectivity index (χ1) is 11.6. The van der Waals surface area contributed by atoms with Crippen molar-refractivity contribution in [1.29, 1.82) is 0 Å². The molecule has 5 heteroatoms. The third kappa shape index (κ3) is 5.43. The van der Waals surface area contributed by atoms with Crippen molar-refractivity contribution < 1.29 is 19.4 Å². The summed E-state index contributed by atoms with van der Waals surface area (Å²) in [6.07, 6.45) is -0.649. The Kier molecular flexibility index (Phi) is 6.37. The number of hydrogen-bond donors (Lipinski definition) is 1. The van der Waals surface area contributed by atoms with E-state index in [-0.39, 0.29) is 13.0 Å². The van der Waals surface area contributed by atoms with Gasteiger partial charge in [0.05, 0.1) is 6.42 Å². The summed E-state index contributed by atoms with van der Waals surface area (Å²) in [4.78, 5) is 24.9. The minimum absolute atomic E-state index is 0.132. The maximum Gasteiger partial charge on any atom is 0.410 e. The van der Waals surface area contributed by atoms with Crippen LogP contribution in [-0.2, 0) is 22.7 Å². The number of benzene rings is 2. The number of carboxylic acid groups (broad SMARTS) is 1. The molecule has 0 saturated heterocycles. The van der Waals surface area contributed by atoms with Gasteiger partial charge in [-0.05, 0) is 18.1 Å². The molecule has 2 rings (SSSR count). The summed E-state index contributed by atoms with van der Waals surface area (Å²) in [5.41, 5.74) is 1.81. The van der Waals surface area contributed by atoms with Crippen molar-refractivity contribution in [2.45, 2.75) is 32.5 Å². The summed E-state index contributed by atoms with van der Waals surface area (Å²) >= 11 is 0. The summed E-state index contributed by atoms with van der Waals surface area (Å²) in [5.74, 6) is -0.948. The number of amides is 1. The second-order valence-electron chi connectivity index (χ2n) is 5.60. The SMILES string of the molecule is C[C@@H](CC(=O)O)N(Cc1ccccc1)C(=O)OCc1ccccc1. The Morgan fingerprint density at radius 2 is 1.54 bits per heavy atom. The van der Waals surface area contributed by atoms with Gasteiger partial charge in [0.2, 0.25) is 0 Å². The maximum atomic E-state index is 12.5. The third-order valence-electron chi connectivity index (χ3n) is 3.64. The molecule has 24 heavy (non-hydrogen) atoms. The van der Waals surface area contributed by atoms with Crippen molar-refractivity contribution in [3.63, 3.8) is 0 Å². The summed E-state index contributed by atoms with van der Waals surface area (Å²) in [7, 11) is 0. The Morgan fingerprint density at radius 3 is 2.08 bits per heavy atom. The molecular weight excluding hydrogens is 306 g/mol. The first-order valence-corrected chi connectivity index (χ1v) is 7.79. The van der Waals surface area contributed by atoms with Crippen LogP contribution in [0.1, 0.15) is 24.5 Å². The van der Waals surface area contributed by atoms with Gasteiger partial charge in [0.25, 0.3) is 0 Å². The average molecular weight is 327 g/mol. The van der Waals surface area contributed by atoms with Crippen molar-refractivity contribution in [3.8, 4) is 0 Å². The fraction of sp³-hybridized carbons (Fsp3) is 0.263. The van der Waals surface area contributed by atoms with Crippen LogP contribution in [0, 0.1) is 0 Å². The summed E-state index contributed by atoms with van der Waals surface area (Å²) in [5, 5.41) is 9.01. The number of nitrogens with zero attached hydrogens (tertiary/aromatic N) is 1. The van der Waals surface area contributed by atoms with Crippen LogP contribution in [0.15, 0.2) is 60.7 Å². The molecule has 0 aliphatic heterocycles. The van der Waals surface area contributed by atoms with Gasteiger partial charge in [-0.15, -0.1) is 0 Å². The normalized spacial score (nSPS) is 11.5. The lowest BCUT2D eigenvalue weighted by Gasteiger charge is -2.27. The minimum atomic E-state index is -0.948. The molecule has 126 valence electrons. The molecule has 0 unspecified atom stereocenters. The standard InChI is InChI=1S/C19H21NO4/c1-15(12-18(21)22)20(13-16-8-4-2-5-9-16)19(23)24-14-17-10-6-3-7-11-17/h2-11,15H,12-14H2,1H3,(H,21,22)/t15-/m0/s1. The van der Waals surface area contributed by atoms with E-state index in [1.165, 1.54) is 4.90 Å². The number of carboxylic acids is 1. The van der Waals surface area contributed by atoms with Gasteiger partial charge in [0, 0.05) is 12.6 Å². The number of carbonyl (C=O) groups is 2. The first kappa shape index (κ1) is 17.5. The number of ether oxygens (including phenoxy) is 1. The molecule has 0 aromatic heterocycles. The fourth-order valence-electron chi connectivity index (χ4n) is 2.35. The molecule has 1 amide bonds. The van der Waals surface area contributed by atoms with Gasteiger partial charge >= 0.3 is 12.1 Å². The Labute approximate surface area is 141 Å².